The maximum absolute atomic E-state index is 13.1. The Hall–Kier alpha value is -0.670. The minimum atomic E-state index is -1.08. The second-order valence-electron chi connectivity index (χ2n) is 6.58. The molecule has 3 heteroatoms. The maximum atomic E-state index is 13.1. The fraction of sp³-hybridized carbons (Fsp3) is 0.684. The molecule has 1 saturated heterocycles. The third-order valence-corrected chi connectivity index (χ3v) is 6.77. The molecule has 1 heterocycles. The molecular weight excluding hydrogens is 292 g/mol. The molecule has 1 aliphatic heterocycles. The van der Waals surface area contributed by atoms with Crippen LogP contribution < -0.4 is 0 Å². The van der Waals surface area contributed by atoms with Crippen LogP contribution in [0, 0.1) is 0 Å². The van der Waals surface area contributed by atoms with Gasteiger partial charge < -0.3 is 4.74 Å². The largest absolute Gasteiger partial charge is 0.348 e. The van der Waals surface area contributed by atoms with Gasteiger partial charge >= 0.3 is 0 Å². The number of ether oxygens (including phenoxy) is 1. The zero-order valence-corrected chi connectivity index (χ0v) is 15.1. The van der Waals surface area contributed by atoms with Crippen LogP contribution >= 0.6 is 0 Å². The topological polar surface area (TPSA) is 29.6 Å². The average Bonchev–Trinajstić information content (AvgIpc) is 3.13. The number of epoxide rings is 1. The van der Waals surface area contributed by atoms with Gasteiger partial charge in [0.15, 0.2) is 4.93 Å². The van der Waals surface area contributed by atoms with E-state index in [1.54, 1.807) is 0 Å². The first-order valence-corrected chi connectivity index (χ1v) is 9.91. The summed E-state index contributed by atoms with van der Waals surface area (Å²) >= 11 is 0. The van der Waals surface area contributed by atoms with Crippen molar-refractivity contribution < 1.29 is 8.95 Å². The number of unbranched alkanes of at least 4 members (excludes halogenated alkanes) is 4. The lowest BCUT2D eigenvalue weighted by Crippen LogP contribution is -2.28. The third kappa shape index (κ3) is 3.62. The van der Waals surface area contributed by atoms with Gasteiger partial charge in [0.1, 0.15) is 5.60 Å². The fourth-order valence-electron chi connectivity index (χ4n) is 3.39. The van der Waals surface area contributed by atoms with Gasteiger partial charge in [-0.1, -0.05) is 64.2 Å². The van der Waals surface area contributed by atoms with Crippen molar-refractivity contribution in [2.75, 3.05) is 0 Å². The van der Waals surface area contributed by atoms with Crippen LogP contribution in [-0.4, -0.2) is 14.7 Å². The van der Waals surface area contributed by atoms with Crippen molar-refractivity contribution in [3.05, 3.63) is 30.3 Å². The molecule has 3 atom stereocenters. The lowest BCUT2D eigenvalue weighted by atomic mass is 9.97. The highest BCUT2D eigenvalue weighted by molar-refractivity contribution is 7.86. The molecule has 1 aliphatic rings. The fourth-order valence-corrected chi connectivity index (χ4v) is 5.26. The summed E-state index contributed by atoms with van der Waals surface area (Å²) in [5, 5.41) is 0. The van der Waals surface area contributed by atoms with E-state index in [1.807, 2.05) is 30.3 Å². The zero-order valence-electron chi connectivity index (χ0n) is 14.3. The molecule has 0 spiro atoms. The van der Waals surface area contributed by atoms with Gasteiger partial charge in [-0.05, 0) is 38.3 Å². The van der Waals surface area contributed by atoms with Crippen molar-refractivity contribution in [3.63, 3.8) is 0 Å². The molecule has 0 aliphatic carbocycles. The van der Waals surface area contributed by atoms with Crippen LogP contribution in [0.3, 0.4) is 0 Å². The van der Waals surface area contributed by atoms with E-state index in [4.69, 9.17) is 4.74 Å². The smallest absolute Gasteiger partial charge is 0.176 e. The Bertz CT molecular complexity index is 487. The van der Waals surface area contributed by atoms with Gasteiger partial charge in [0, 0.05) is 4.90 Å². The SMILES string of the molecule is CCCCCCCC1(S(=O)c2ccccc2)OC1(C)CCC. The van der Waals surface area contributed by atoms with E-state index in [2.05, 4.69) is 20.8 Å². The molecule has 0 bridgehead atoms. The van der Waals surface area contributed by atoms with Crippen LogP contribution in [-0.2, 0) is 15.5 Å². The molecular formula is C19H30O2S. The van der Waals surface area contributed by atoms with Crippen LogP contribution in [0.15, 0.2) is 35.2 Å². The van der Waals surface area contributed by atoms with Gasteiger partial charge in [-0.25, -0.2) is 0 Å². The second kappa shape index (κ2) is 7.74. The van der Waals surface area contributed by atoms with E-state index >= 15 is 0 Å². The summed E-state index contributed by atoms with van der Waals surface area (Å²) in [6.07, 6.45) is 9.11. The van der Waals surface area contributed by atoms with Crippen LogP contribution in [0.5, 0.6) is 0 Å². The predicted octanol–water partition coefficient (Wildman–Crippen LogP) is 5.44. The van der Waals surface area contributed by atoms with E-state index in [-0.39, 0.29) is 5.60 Å². The summed E-state index contributed by atoms with van der Waals surface area (Å²) in [6.45, 7) is 6.54. The van der Waals surface area contributed by atoms with E-state index in [1.165, 1.54) is 25.7 Å². The quantitative estimate of drug-likeness (QED) is 0.424. The maximum Gasteiger partial charge on any atom is 0.176 e. The van der Waals surface area contributed by atoms with Crippen molar-refractivity contribution in [2.45, 2.75) is 87.6 Å². The predicted molar refractivity (Wildman–Crippen MR) is 93.4 cm³/mol. The van der Waals surface area contributed by atoms with Crippen molar-refractivity contribution in [2.24, 2.45) is 0 Å². The Balaban J connectivity index is 2.06. The van der Waals surface area contributed by atoms with Crippen LogP contribution in [0.2, 0.25) is 0 Å². The molecule has 2 nitrogen and oxygen atoms in total. The van der Waals surface area contributed by atoms with Crippen LogP contribution in [0.4, 0.5) is 0 Å². The van der Waals surface area contributed by atoms with Gasteiger partial charge in [0.05, 0.1) is 10.8 Å². The number of hydrogen-bond donors (Lipinski definition) is 0. The van der Waals surface area contributed by atoms with Gasteiger partial charge in [-0.2, -0.15) is 0 Å². The minimum absolute atomic E-state index is 0.215. The molecule has 3 unspecified atom stereocenters. The molecule has 22 heavy (non-hydrogen) atoms. The Labute approximate surface area is 138 Å². The van der Waals surface area contributed by atoms with Crippen LogP contribution in [0.1, 0.15) is 72.1 Å². The molecule has 0 radical (unpaired) electrons. The molecule has 2 rings (SSSR count). The number of benzene rings is 1. The zero-order chi connectivity index (χ0) is 16.1. The molecule has 0 amide bonds. The normalized spacial score (nSPS) is 28.5. The summed E-state index contributed by atoms with van der Waals surface area (Å²) in [5.41, 5.74) is -0.215. The highest BCUT2D eigenvalue weighted by Crippen LogP contribution is 2.57. The molecule has 124 valence electrons. The summed E-state index contributed by atoms with van der Waals surface area (Å²) in [4.78, 5) is 0.437. The van der Waals surface area contributed by atoms with E-state index < -0.39 is 15.7 Å². The third-order valence-electron chi connectivity index (χ3n) is 4.75. The Kier molecular flexibility index (Phi) is 6.22. The number of hydrogen-bond acceptors (Lipinski definition) is 2. The van der Waals surface area contributed by atoms with Gasteiger partial charge in [0.25, 0.3) is 0 Å². The molecule has 1 aromatic rings. The van der Waals surface area contributed by atoms with E-state index in [9.17, 15) is 4.21 Å². The molecule has 0 saturated carbocycles. The first-order valence-electron chi connectivity index (χ1n) is 8.77. The highest BCUT2D eigenvalue weighted by atomic mass is 32.2. The van der Waals surface area contributed by atoms with Crippen molar-refractivity contribution >= 4 is 10.8 Å². The molecule has 0 N–H and O–H groups in total. The van der Waals surface area contributed by atoms with Gasteiger partial charge in [-0.3, -0.25) is 4.21 Å². The Morgan fingerprint density at radius 1 is 0.955 bits per heavy atom. The number of rotatable bonds is 10. The molecule has 0 aromatic heterocycles. The lowest BCUT2D eigenvalue weighted by Gasteiger charge is -2.17. The van der Waals surface area contributed by atoms with Gasteiger partial charge in [-0.15, -0.1) is 0 Å². The molecule has 1 fully saturated rings. The Morgan fingerprint density at radius 2 is 1.64 bits per heavy atom. The van der Waals surface area contributed by atoms with Gasteiger partial charge in [0.2, 0.25) is 0 Å². The summed E-state index contributed by atoms with van der Waals surface area (Å²) < 4.78 is 19.3. The van der Waals surface area contributed by atoms with E-state index in [0.29, 0.717) is 0 Å². The minimum Gasteiger partial charge on any atom is -0.348 e. The monoisotopic (exact) mass is 322 g/mol. The standard InChI is InChI=1S/C19H30O2S/c1-4-6-7-8-12-16-19(18(3,21-19)15-5-2)22(20)17-13-10-9-11-14-17/h9-11,13-14H,4-8,12,15-16H2,1-3H3. The van der Waals surface area contributed by atoms with Crippen molar-refractivity contribution in [3.8, 4) is 0 Å². The van der Waals surface area contributed by atoms with Crippen LogP contribution in [0.25, 0.3) is 0 Å². The second-order valence-corrected chi connectivity index (χ2v) is 8.25. The summed E-state index contributed by atoms with van der Waals surface area (Å²) in [5.74, 6) is 0. The Morgan fingerprint density at radius 3 is 2.27 bits per heavy atom. The first kappa shape index (κ1) is 17.7. The summed E-state index contributed by atoms with van der Waals surface area (Å²) in [7, 11) is -1.08. The molecule has 1 aromatic carbocycles. The van der Waals surface area contributed by atoms with E-state index in [0.717, 1.165) is 30.6 Å². The summed E-state index contributed by atoms with van der Waals surface area (Å²) in [6, 6.07) is 9.81. The first-order chi connectivity index (χ1) is 10.6. The average molecular weight is 323 g/mol. The lowest BCUT2D eigenvalue weighted by molar-refractivity contribution is 0.282. The van der Waals surface area contributed by atoms with Crippen molar-refractivity contribution in [1.82, 2.24) is 0 Å². The highest BCUT2D eigenvalue weighted by Gasteiger charge is 2.69. The van der Waals surface area contributed by atoms with Crippen molar-refractivity contribution in [1.29, 1.82) is 0 Å².